The van der Waals surface area contributed by atoms with Crippen molar-refractivity contribution < 1.29 is 44.3 Å². The number of ether oxygens (including phenoxy) is 1. The van der Waals surface area contributed by atoms with Gasteiger partial charge in [-0.05, 0) is 34.9 Å². The van der Waals surface area contributed by atoms with Gasteiger partial charge in [-0.15, -0.1) is 0 Å². The lowest BCUT2D eigenvalue weighted by Gasteiger charge is -2.38. The van der Waals surface area contributed by atoms with Crippen LogP contribution >= 0.6 is 0 Å². The molecule has 0 N–H and O–H groups in total. The maximum absolute atomic E-state index is 13.0. The third kappa shape index (κ3) is 4.51. The van der Waals surface area contributed by atoms with E-state index in [2.05, 4.69) is 4.74 Å². The molecule has 1 rings (SSSR count). The Bertz CT molecular complexity index is 610. The minimum atomic E-state index is -6.77. The van der Waals surface area contributed by atoms with Crippen molar-refractivity contribution in [1.29, 1.82) is 0 Å². The molecule has 1 aromatic carbocycles. The van der Waals surface area contributed by atoms with E-state index in [1.54, 1.807) is 0 Å². The van der Waals surface area contributed by atoms with Crippen LogP contribution in [0, 0.1) is 11.3 Å². The average molecular weight is 424 g/mol. The maximum Gasteiger partial charge on any atom is 0.447 e. The Hall–Kier alpha value is -1.61. The first-order chi connectivity index (χ1) is 12.3. The Balaban J connectivity index is 3.44. The van der Waals surface area contributed by atoms with Crippen LogP contribution in [0.2, 0.25) is 0 Å². The Morgan fingerprint density at radius 1 is 0.679 bits per heavy atom. The van der Waals surface area contributed by atoms with Crippen molar-refractivity contribution in [2.24, 2.45) is 11.3 Å². The highest BCUT2D eigenvalue weighted by atomic mass is 19.4. The molecule has 0 bridgehead atoms. The van der Waals surface area contributed by atoms with E-state index < -0.39 is 29.9 Å². The van der Waals surface area contributed by atoms with Crippen molar-refractivity contribution in [2.45, 2.75) is 64.7 Å². The molecule has 1 unspecified atom stereocenters. The summed E-state index contributed by atoms with van der Waals surface area (Å²) in [6.45, 7) is 9.43. The summed E-state index contributed by atoms with van der Waals surface area (Å²) in [7, 11) is 0. The van der Waals surface area contributed by atoms with Crippen LogP contribution in [0.15, 0.2) is 24.3 Å². The fourth-order valence-corrected chi connectivity index (χ4v) is 3.46. The molecule has 162 valence electrons. The minimum absolute atomic E-state index is 0.0615. The summed E-state index contributed by atoms with van der Waals surface area (Å²) in [6, 6.07) is 3.74. The first-order valence-corrected chi connectivity index (χ1v) is 8.25. The molecule has 10 heteroatoms. The number of alkyl halides is 9. The molecule has 1 aromatic rings. The molecule has 1 atom stereocenters. The number of benzene rings is 1. The van der Waals surface area contributed by atoms with Crippen LogP contribution in [0.5, 0.6) is 5.75 Å². The van der Waals surface area contributed by atoms with E-state index in [1.165, 1.54) is 12.1 Å². The predicted molar refractivity (Wildman–Crippen MR) is 85.0 cm³/mol. The molecule has 0 amide bonds. The van der Waals surface area contributed by atoms with E-state index in [-0.39, 0.29) is 17.3 Å². The number of rotatable bonds is 4. The third-order valence-corrected chi connectivity index (χ3v) is 4.31. The third-order valence-electron chi connectivity index (χ3n) is 4.31. The van der Waals surface area contributed by atoms with Crippen LogP contribution in [0.4, 0.5) is 39.5 Å². The lowest BCUT2D eigenvalue weighted by Crippen LogP contribution is -2.69. The van der Waals surface area contributed by atoms with E-state index in [9.17, 15) is 39.5 Å². The summed E-state index contributed by atoms with van der Waals surface area (Å²) in [5.41, 5.74) is -6.06. The van der Waals surface area contributed by atoms with Gasteiger partial charge >= 0.3 is 24.1 Å². The quantitative estimate of drug-likeness (QED) is 0.462. The zero-order valence-electron chi connectivity index (χ0n) is 15.8. The summed E-state index contributed by atoms with van der Waals surface area (Å²) in [6.07, 6.45) is -20.3. The average Bonchev–Trinajstić information content (AvgIpc) is 2.40. The topological polar surface area (TPSA) is 9.23 Å². The van der Waals surface area contributed by atoms with E-state index in [1.807, 2.05) is 34.6 Å². The van der Waals surface area contributed by atoms with E-state index in [0.29, 0.717) is 17.7 Å². The van der Waals surface area contributed by atoms with Crippen LogP contribution in [0.25, 0.3) is 0 Å². The second-order valence-corrected chi connectivity index (χ2v) is 7.93. The minimum Gasteiger partial charge on any atom is -0.462 e. The number of hydrogen-bond donors (Lipinski definition) is 0. The molecule has 0 aliphatic rings. The van der Waals surface area contributed by atoms with Gasteiger partial charge in [-0.2, -0.15) is 39.5 Å². The molecule has 1 nitrogen and oxygen atoms in total. The standard InChI is InChI=1S/C18H21F9O/c1-10(2)13(14(3,4)5)11-6-8-12(9-7-11)28-15(16(19,20)21,17(22,23)24)18(25,26)27/h6-10,13H,1-5H3. The molecule has 0 aliphatic carbocycles. The second kappa shape index (κ2) is 7.33. The van der Waals surface area contributed by atoms with Crippen molar-refractivity contribution in [3.63, 3.8) is 0 Å². The van der Waals surface area contributed by atoms with Crippen LogP contribution in [0.1, 0.15) is 46.1 Å². The zero-order valence-corrected chi connectivity index (χ0v) is 15.8. The first kappa shape index (κ1) is 24.4. The van der Waals surface area contributed by atoms with Gasteiger partial charge in [0.05, 0.1) is 0 Å². The first-order valence-electron chi connectivity index (χ1n) is 8.25. The van der Waals surface area contributed by atoms with Gasteiger partial charge < -0.3 is 4.74 Å². The largest absolute Gasteiger partial charge is 0.462 e. The molecule has 0 aromatic heterocycles. The lowest BCUT2D eigenvalue weighted by molar-refractivity contribution is -0.436. The number of halogens is 9. The lowest BCUT2D eigenvalue weighted by atomic mass is 9.70. The summed E-state index contributed by atoms with van der Waals surface area (Å²) in [5.74, 6) is -1.27. The molecule has 0 saturated carbocycles. The normalized spacial score (nSPS) is 15.7. The van der Waals surface area contributed by atoms with Crippen LogP contribution in [-0.2, 0) is 0 Å². The summed E-state index contributed by atoms with van der Waals surface area (Å²) >= 11 is 0. The molecule has 0 aliphatic heterocycles. The van der Waals surface area contributed by atoms with Gasteiger partial charge in [0.15, 0.2) is 0 Å². The number of hydrogen-bond acceptors (Lipinski definition) is 1. The van der Waals surface area contributed by atoms with Crippen LogP contribution < -0.4 is 4.74 Å². The van der Waals surface area contributed by atoms with E-state index >= 15 is 0 Å². The van der Waals surface area contributed by atoms with Gasteiger partial charge in [0.1, 0.15) is 5.75 Å². The Morgan fingerprint density at radius 2 is 1.04 bits per heavy atom. The molecular weight excluding hydrogens is 403 g/mol. The fraction of sp³-hybridized carbons (Fsp3) is 0.667. The molecule has 0 fully saturated rings. The Kier molecular flexibility index (Phi) is 6.40. The van der Waals surface area contributed by atoms with E-state index in [4.69, 9.17) is 0 Å². The van der Waals surface area contributed by atoms with E-state index in [0.717, 1.165) is 0 Å². The van der Waals surface area contributed by atoms with Crippen molar-refractivity contribution in [3.05, 3.63) is 29.8 Å². The SMILES string of the molecule is CC(C)C(c1ccc(OC(C(F)(F)F)(C(F)(F)F)C(F)(F)F)cc1)C(C)(C)C. The molecular formula is C18H21F9O. The molecule has 0 heterocycles. The van der Waals surface area contributed by atoms with Gasteiger partial charge in [-0.3, -0.25) is 0 Å². The molecule has 0 spiro atoms. The van der Waals surface area contributed by atoms with Gasteiger partial charge in [-0.1, -0.05) is 46.8 Å². The van der Waals surface area contributed by atoms with Gasteiger partial charge in [0.25, 0.3) is 0 Å². The maximum atomic E-state index is 13.0. The second-order valence-electron chi connectivity index (χ2n) is 7.93. The highest BCUT2D eigenvalue weighted by Crippen LogP contribution is 2.55. The van der Waals surface area contributed by atoms with Crippen molar-refractivity contribution in [2.75, 3.05) is 0 Å². The van der Waals surface area contributed by atoms with Gasteiger partial charge in [-0.25, -0.2) is 0 Å². The van der Waals surface area contributed by atoms with Gasteiger partial charge in [0, 0.05) is 0 Å². The van der Waals surface area contributed by atoms with Crippen molar-refractivity contribution >= 4 is 0 Å². The highest BCUT2D eigenvalue weighted by molar-refractivity contribution is 5.32. The van der Waals surface area contributed by atoms with Gasteiger partial charge in [0.2, 0.25) is 0 Å². The summed E-state index contributed by atoms with van der Waals surface area (Å²) in [5, 5.41) is 0. The monoisotopic (exact) mass is 424 g/mol. The van der Waals surface area contributed by atoms with Crippen molar-refractivity contribution in [1.82, 2.24) is 0 Å². The summed E-state index contributed by atoms with van der Waals surface area (Å²) in [4.78, 5) is 0. The Labute approximate surface area is 156 Å². The molecule has 0 radical (unpaired) electrons. The fourth-order valence-electron chi connectivity index (χ4n) is 3.46. The molecule has 0 saturated heterocycles. The van der Waals surface area contributed by atoms with Crippen LogP contribution in [0.3, 0.4) is 0 Å². The Morgan fingerprint density at radius 3 is 1.29 bits per heavy atom. The van der Waals surface area contributed by atoms with Crippen molar-refractivity contribution in [3.8, 4) is 5.75 Å². The predicted octanol–water partition coefficient (Wildman–Crippen LogP) is 7.28. The summed E-state index contributed by atoms with van der Waals surface area (Å²) < 4.78 is 120. The highest BCUT2D eigenvalue weighted by Gasteiger charge is 2.87. The van der Waals surface area contributed by atoms with Crippen LogP contribution in [-0.4, -0.2) is 24.1 Å². The molecule has 28 heavy (non-hydrogen) atoms. The zero-order chi connectivity index (χ0) is 22.3. The smallest absolute Gasteiger partial charge is 0.447 e.